The van der Waals surface area contributed by atoms with Crippen molar-refractivity contribution in [2.24, 2.45) is 5.10 Å². The number of ether oxygens (including phenoxy) is 1. The Morgan fingerprint density at radius 1 is 1.00 bits per heavy atom. The molecule has 0 bridgehead atoms. The second-order valence-electron chi connectivity index (χ2n) is 6.92. The number of nitrogens with one attached hydrogen (secondary N) is 1. The van der Waals surface area contributed by atoms with Gasteiger partial charge < -0.3 is 4.74 Å². The number of benzene rings is 2. The maximum Gasteiger partial charge on any atom is 0.271 e. The molecule has 0 heterocycles. The topological polar surface area (TPSA) is 50.7 Å². The quantitative estimate of drug-likeness (QED) is 0.643. The van der Waals surface area contributed by atoms with Gasteiger partial charge in [-0.3, -0.25) is 4.79 Å². The number of rotatable bonds is 5. The van der Waals surface area contributed by atoms with E-state index >= 15 is 0 Å². The highest BCUT2D eigenvalue weighted by Crippen LogP contribution is 2.22. The molecule has 25 heavy (non-hydrogen) atoms. The molecule has 0 spiro atoms. The van der Waals surface area contributed by atoms with E-state index < -0.39 is 0 Å². The molecule has 0 unspecified atom stereocenters. The van der Waals surface area contributed by atoms with Gasteiger partial charge in [0.15, 0.2) is 0 Å². The summed E-state index contributed by atoms with van der Waals surface area (Å²) in [5, 5.41) is 4.19. The molecule has 0 saturated heterocycles. The first-order chi connectivity index (χ1) is 11.8. The van der Waals surface area contributed by atoms with Gasteiger partial charge in [0.05, 0.1) is 12.3 Å². The molecule has 2 aromatic carbocycles. The van der Waals surface area contributed by atoms with E-state index in [1.54, 1.807) is 0 Å². The molecule has 4 heteroatoms. The average Bonchev–Trinajstić information content (AvgIpc) is 2.59. The van der Waals surface area contributed by atoms with Gasteiger partial charge in [0.2, 0.25) is 0 Å². The summed E-state index contributed by atoms with van der Waals surface area (Å²) in [5.41, 5.74) is 6.14. The maximum atomic E-state index is 12.2. The summed E-state index contributed by atoms with van der Waals surface area (Å²) in [4.78, 5) is 12.2. The van der Waals surface area contributed by atoms with Gasteiger partial charge in [-0.15, -0.1) is 0 Å². The molecule has 0 saturated carbocycles. The average molecular weight is 338 g/mol. The molecule has 0 radical (unpaired) electrons. The molecule has 1 amide bonds. The van der Waals surface area contributed by atoms with Gasteiger partial charge in [-0.1, -0.05) is 32.9 Å². The second kappa shape index (κ2) is 7.97. The van der Waals surface area contributed by atoms with Gasteiger partial charge in [-0.2, -0.15) is 5.10 Å². The predicted molar refractivity (Wildman–Crippen MR) is 102 cm³/mol. The van der Waals surface area contributed by atoms with E-state index in [1.807, 2.05) is 62.4 Å². The Morgan fingerprint density at radius 3 is 2.08 bits per heavy atom. The van der Waals surface area contributed by atoms with Crippen molar-refractivity contribution in [1.29, 1.82) is 0 Å². The van der Waals surface area contributed by atoms with Crippen LogP contribution in [0.3, 0.4) is 0 Å². The number of carbonyl (C=O) groups excluding carboxylic acids is 1. The third kappa shape index (κ3) is 5.18. The number of nitrogens with zero attached hydrogens (tertiary/aromatic N) is 1. The standard InChI is InChI=1S/C21H26N2O2/c1-6-25-19-13-9-16(10-14-19)15(2)22-23-20(24)17-7-11-18(12-8-17)21(3,4)5/h7-14H,6H2,1-5H3,(H,23,24)/b22-15-. The zero-order valence-electron chi connectivity index (χ0n) is 15.6. The summed E-state index contributed by atoms with van der Waals surface area (Å²) >= 11 is 0. The molecule has 0 aromatic heterocycles. The highest BCUT2D eigenvalue weighted by atomic mass is 16.5. The third-order valence-electron chi connectivity index (χ3n) is 3.92. The monoisotopic (exact) mass is 338 g/mol. The fourth-order valence-corrected chi connectivity index (χ4v) is 2.34. The Labute approximate surface area is 149 Å². The Balaban J connectivity index is 2.03. The van der Waals surface area contributed by atoms with E-state index in [-0.39, 0.29) is 11.3 Å². The minimum absolute atomic E-state index is 0.0669. The Bertz CT molecular complexity index is 739. The van der Waals surface area contributed by atoms with Gasteiger partial charge in [0, 0.05) is 5.56 Å². The molecule has 1 N–H and O–H groups in total. The first-order valence-corrected chi connectivity index (χ1v) is 8.49. The highest BCUT2D eigenvalue weighted by Gasteiger charge is 2.14. The zero-order chi connectivity index (χ0) is 18.4. The van der Waals surface area contributed by atoms with Crippen molar-refractivity contribution in [3.8, 4) is 5.75 Å². The van der Waals surface area contributed by atoms with Crippen LogP contribution >= 0.6 is 0 Å². The zero-order valence-corrected chi connectivity index (χ0v) is 15.6. The van der Waals surface area contributed by atoms with E-state index in [0.717, 1.165) is 17.0 Å². The van der Waals surface area contributed by atoms with Crippen LogP contribution in [0.4, 0.5) is 0 Å². The van der Waals surface area contributed by atoms with Crippen molar-refractivity contribution in [2.75, 3.05) is 6.61 Å². The van der Waals surface area contributed by atoms with Crippen LogP contribution in [0.1, 0.15) is 56.1 Å². The Morgan fingerprint density at radius 2 is 1.56 bits per heavy atom. The Hall–Kier alpha value is -2.62. The molecular weight excluding hydrogens is 312 g/mol. The molecule has 0 aliphatic rings. The van der Waals surface area contributed by atoms with Gasteiger partial charge in [0.1, 0.15) is 5.75 Å². The van der Waals surface area contributed by atoms with E-state index in [1.165, 1.54) is 5.56 Å². The number of amides is 1. The van der Waals surface area contributed by atoms with Crippen molar-refractivity contribution < 1.29 is 9.53 Å². The largest absolute Gasteiger partial charge is 0.494 e. The van der Waals surface area contributed by atoms with Crippen molar-refractivity contribution >= 4 is 11.6 Å². The first-order valence-electron chi connectivity index (χ1n) is 8.49. The van der Waals surface area contributed by atoms with Gasteiger partial charge >= 0.3 is 0 Å². The Kier molecular flexibility index (Phi) is 5.97. The second-order valence-corrected chi connectivity index (χ2v) is 6.92. The lowest BCUT2D eigenvalue weighted by Crippen LogP contribution is -2.20. The third-order valence-corrected chi connectivity index (χ3v) is 3.92. The SMILES string of the molecule is CCOc1ccc(/C(C)=N\NC(=O)c2ccc(C(C)(C)C)cc2)cc1. The van der Waals surface area contributed by atoms with Crippen molar-refractivity contribution in [1.82, 2.24) is 5.43 Å². The van der Waals surface area contributed by atoms with Crippen LogP contribution in [0.2, 0.25) is 0 Å². The van der Waals surface area contributed by atoms with Crippen LogP contribution in [-0.2, 0) is 5.41 Å². The number of hydrazone groups is 1. The van der Waals surface area contributed by atoms with E-state index in [9.17, 15) is 4.79 Å². The van der Waals surface area contributed by atoms with E-state index in [2.05, 4.69) is 31.3 Å². The minimum atomic E-state index is -0.217. The summed E-state index contributed by atoms with van der Waals surface area (Å²) in [6.45, 7) is 10.9. The molecule has 2 rings (SSSR count). The fourth-order valence-electron chi connectivity index (χ4n) is 2.34. The van der Waals surface area contributed by atoms with Gasteiger partial charge in [-0.05, 0) is 66.8 Å². The van der Waals surface area contributed by atoms with Crippen LogP contribution in [0.25, 0.3) is 0 Å². The minimum Gasteiger partial charge on any atom is -0.494 e. The molecule has 0 fully saturated rings. The summed E-state index contributed by atoms with van der Waals surface area (Å²) in [7, 11) is 0. The highest BCUT2D eigenvalue weighted by molar-refractivity contribution is 6.00. The van der Waals surface area contributed by atoms with Crippen LogP contribution in [0.5, 0.6) is 5.75 Å². The lowest BCUT2D eigenvalue weighted by molar-refractivity contribution is 0.0955. The van der Waals surface area contributed by atoms with Crippen LogP contribution in [-0.4, -0.2) is 18.2 Å². The van der Waals surface area contributed by atoms with Crippen molar-refractivity contribution in [2.45, 2.75) is 40.0 Å². The summed E-state index contributed by atoms with van der Waals surface area (Å²) < 4.78 is 5.42. The summed E-state index contributed by atoms with van der Waals surface area (Å²) in [6.07, 6.45) is 0. The molecule has 0 atom stereocenters. The number of hydrogen-bond donors (Lipinski definition) is 1. The van der Waals surface area contributed by atoms with Gasteiger partial charge in [0.25, 0.3) is 5.91 Å². The predicted octanol–water partition coefficient (Wildman–Crippen LogP) is 4.54. The van der Waals surface area contributed by atoms with Crippen molar-refractivity contribution in [3.05, 3.63) is 65.2 Å². The molecule has 2 aromatic rings. The molecule has 132 valence electrons. The van der Waals surface area contributed by atoms with Crippen molar-refractivity contribution in [3.63, 3.8) is 0 Å². The summed E-state index contributed by atoms with van der Waals surface area (Å²) in [5.74, 6) is 0.604. The number of carbonyl (C=O) groups is 1. The molecule has 0 aliphatic heterocycles. The summed E-state index contributed by atoms with van der Waals surface area (Å²) in [6, 6.07) is 15.3. The van der Waals surface area contributed by atoms with E-state index in [0.29, 0.717) is 12.2 Å². The smallest absolute Gasteiger partial charge is 0.271 e. The molecule has 4 nitrogen and oxygen atoms in total. The normalized spacial score (nSPS) is 12.0. The first kappa shape index (κ1) is 18.7. The molecular formula is C21H26N2O2. The van der Waals surface area contributed by atoms with Crippen LogP contribution in [0, 0.1) is 0 Å². The maximum absolute atomic E-state index is 12.2. The van der Waals surface area contributed by atoms with E-state index in [4.69, 9.17) is 4.74 Å². The lowest BCUT2D eigenvalue weighted by atomic mass is 9.87. The molecule has 0 aliphatic carbocycles. The van der Waals surface area contributed by atoms with Crippen LogP contribution < -0.4 is 10.2 Å². The van der Waals surface area contributed by atoms with Crippen LogP contribution in [0.15, 0.2) is 53.6 Å². The van der Waals surface area contributed by atoms with Gasteiger partial charge in [-0.25, -0.2) is 5.43 Å². The lowest BCUT2D eigenvalue weighted by Gasteiger charge is -2.18. The number of hydrogen-bond acceptors (Lipinski definition) is 3. The fraction of sp³-hybridized carbons (Fsp3) is 0.333.